The van der Waals surface area contributed by atoms with Gasteiger partial charge in [-0.2, -0.15) is 0 Å². The van der Waals surface area contributed by atoms with E-state index in [1.165, 1.54) is 9.80 Å². The van der Waals surface area contributed by atoms with E-state index < -0.39 is 18.1 Å². The van der Waals surface area contributed by atoms with Crippen LogP contribution in [0.15, 0.2) is 71.7 Å². The summed E-state index contributed by atoms with van der Waals surface area (Å²) in [6.07, 6.45) is 1.65. The first-order chi connectivity index (χ1) is 23.1. The molecule has 2 aliphatic heterocycles. The van der Waals surface area contributed by atoms with Crippen molar-refractivity contribution in [3.63, 3.8) is 0 Å². The van der Waals surface area contributed by atoms with Gasteiger partial charge in [0.1, 0.15) is 29.9 Å². The van der Waals surface area contributed by atoms with E-state index in [0.717, 1.165) is 24.0 Å². The number of methoxy groups -OCH3 is 1. The largest absolute Gasteiger partial charge is 0.497 e. The number of benzene rings is 3. The van der Waals surface area contributed by atoms with Gasteiger partial charge in [0.2, 0.25) is 11.8 Å². The molecule has 0 aromatic heterocycles. The van der Waals surface area contributed by atoms with E-state index in [2.05, 4.69) is 5.32 Å². The summed E-state index contributed by atoms with van der Waals surface area (Å²) in [5.41, 5.74) is 2.25. The normalized spacial score (nSPS) is 17.9. The van der Waals surface area contributed by atoms with Crippen molar-refractivity contribution in [3.05, 3.63) is 93.5 Å². The number of ether oxygens (including phenoxy) is 2. The molecule has 1 fully saturated rings. The number of urea groups is 1. The van der Waals surface area contributed by atoms with Crippen LogP contribution in [0.3, 0.4) is 0 Å². The van der Waals surface area contributed by atoms with Gasteiger partial charge in [0, 0.05) is 35.7 Å². The van der Waals surface area contributed by atoms with Gasteiger partial charge in [-0.25, -0.2) is 4.79 Å². The average molecular weight is 695 g/mol. The Labute approximate surface area is 291 Å². The first kappa shape index (κ1) is 35.0. The van der Waals surface area contributed by atoms with Crippen LogP contribution in [-0.2, 0) is 9.59 Å². The van der Waals surface area contributed by atoms with E-state index in [0.29, 0.717) is 39.5 Å². The van der Waals surface area contributed by atoms with Crippen molar-refractivity contribution in [1.29, 1.82) is 0 Å². The minimum atomic E-state index is -0.600. The van der Waals surface area contributed by atoms with Gasteiger partial charge in [0.15, 0.2) is 0 Å². The highest BCUT2D eigenvalue weighted by Crippen LogP contribution is 2.46. The Hall–Kier alpha value is -4.28. The van der Waals surface area contributed by atoms with Crippen LogP contribution in [0.25, 0.3) is 0 Å². The van der Waals surface area contributed by atoms with Crippen molar-refractivity contribution < 1.29 is 23.9 Å². The third kappa shape index (κ3) is 8.05. The summed E-state index contributed by atoms with van der Waals surface area (Å²) in [5.74, 6) is 0.973. The fourth-order valence-corrected chi connectivity index (χ4v) is 6.10. The van der Waals surface area contributed by atoms with Crippen LogP contribution in [0.2, 0.25) is 10.0 Å². The second-order valence-electron chi connectivity index (χ2n) is 12.1. The molecule has 0 unspecified atom stereocenters. The highest BCUT2D eigenvalue weighted by molar-refractivity contribution is 6.30. The Morgan fingerprint density at radius 3 is 2.25 bits per heavy atom. The summed E-state index contributed by atoms with van der Waals surface area (Å²) < 4.78 is 11.7. The third-order valence-electron chi connectivity index (χ3n) is 8.26. The van der Waals surface area contributed by atoms with Crippen LogP contribution in [-0.4, -0.2) is 84.3 Å². The number of aliphatic imine (C=N–C) groups is 1. The molecule has 2 heterocycles. The van der Waals surface area contributed by atoms with E-state index in [1.54, 1.807) is 48.4 Å². The first-order valence-electron chi connectivity index (χ1n) is 16.2. The van der Waals surface area contributed by atoms with Gasteiger partial charge in [-0.1, -0.05) is 60.8 Å². The van der Waals surface area contributed by atoms with Crippen molar-refractivity contribution in [2.24, 2.45) is 4.99 Å². The second kappa shape index (κ2) is 15.7. The lowest BCUT2D eigenvalue weighted by Crippen LogP contribution is -2.57. The molecule has 0 radical (unpaired) electrons. The second-order valence-corrected chi connectivity index (χ2v) is 12.9. The maximum atomic E-state index is 14.8. The predicted octanol–water partition coefficient (Wildman–Crippen LogP) is 6.51. The molecule has 10 nitrogen and oxygen atoms in total. The molecule has 0 spiro atoms. The molecule has 48 heavy (non-hydrogen) atoms. The number of nitrogens with one attached hydrogen (secondary N) is 1. The molecule has 2 atom stereocenters. The van der Waals surface area contributed by atoms with E-state index >= 15 is 0 Å². The quantitative estimate of drug-likeness (QED) is 0.231. The number of carbonyl (C=O) groups is 3. The smallest absolute Gasteiger partial charge is 0.326 e. The summed E-state index contributed by atoms with van der Waals surface area (Å²) in [7, 11) is 1.58. The average Bonchev–Trinajstić information content (AvgIpc) is 3.46. The van der Waals surface area contributed by atoms with Crippen LogP contribution in [0.4, 0.5) is 4.79 Å². The van der Waals surface area contributed by atoms with Crippen LogP contribution in [0.5, 0.6) is 11.5 Å². The zero-order chi connectivity index (χ0) is 34.4. The molecule has 0 aliphatic carbocycles. The number of nitrogens with zero attached hydrogens (tertiary/aromatic N) is 4. The van der Waals surface area contributed by atoms with Crippen molar-refractivity contribution >= 4 is 46.9 Å². The molecule has 5 rings (SSSR count). The first-order valence-corrected chi connectivity index (χ1v) is 16.9. The number of carbonyl (C=O) groups excluding carboxylic acids is 3. The molecule has 254 valence electrons. The number of halogens is 2. The zero-order valence-electron chi connectivity index (χ0n) is 27.6. The number of amides is 4. The number of hydrogen-bond donors (Lipinski definition) is 1. The number of amidine groups is 1. The third-order valence-corrected chi connectivity index (χ3v) is 8.77. The number of unbranched alkanes of at least 4 members (excludes halogenated alkanes) is 1. The van der Waals surface area contributed by atoms with Crippen LogP contribution >= 0.6 is 23.2 Å². The molecular formula is C36H41Cl2N5O5. The lowest BCUT2D eigenvalue weighted by Gasteiger charge is -2.38. The number of piperazine rings is 1. The Bertz CT molecular complexity index is 1650. The standard InChI is InChI=1S/C36H41Cl2N5O5/c1-5-6-17-39-31(44)21-41-18-19-42(22-32(41)45)36(46)43-34(25-9-13-27(38)14-10-25)33(24-7-11-26(37)12-8-24)40-35(43)29-16-15-28(47-4)20-30(29)48-23(2)3/h7-16,20,23,33-34H,5-6,17-19,21-22H2,1-4H3,(H,39,44)/t33-,34+/m0/s1. The lowest BCUT2D eigenvalue weighted by molar-refractivity contribution is -0.139. The van der Waals surface area contributed by atoms with Gasteiger partial charge in [-0.05, 0) is 67.8 Å². The maximum Gasteiger partial charge on any atom is 0.326 e. The molecule has 3 aromatic carbocycles. The lowest BCUT2D eigenvalue weighted by atomic mass is 9.93. The molecule has 4 amide bonds. The molecular weight excluding hydrogens is 653 g/mol. The van der Waals surface area contributed by atoms with Gasteiger partial charge < -0.3 is 24.6 Å². The minimum absolute atomic E-state index is 0.0468. The highest BCUT2D eigenvalue weighted by atomic mass is 35.5. The molecule has 2 aliphatic rings. The Kier molecular flexibility index (Phi) is 11.5. The Morgan fingerprint density at radius 2 is 1.65 bits per heavy atom. The molecule has 0 bridgehead atoms. The zero-order valence-corrected chi connectivity index (χ0v) is 29.1. The molecule has 1 N–H and O–H groups in total. The summed E-state index contributed by atoms with van der Waals surface area (Å²) in [6.45, 7) is 6.69. The molecule has 12 heteroatoms. The van der Waals surface area contributed by atoms with Crippen molar-refractivity contribution in [1.82, 2.24) is 20.0 Å². The van der Waals surface area contributed by atoms with Gasteiger partial charge in [0.05, 0.1) is 31.4 Å². The van der Waals surface area contributed by atoms with Crippen LogP contribution in [0, 0.1) is 0 Å². The minimum Gasteiger partial charge on any atom is -0.497 e. The van der Waals surface area contributed by atoms with E-state index in [1.807, 2.05) is 51.1 Å². The van der Waals surface area contributed by atoms with E-state index in [4.69, 9.17) is 37.7 Å². The maximum absolute atomic E-state index is 14.8. The van der Waals surface area contributed by atoms with Gasteiger partial charge in [-0.3, -0.25) is 19.5 Å². The Balaban J connectivity index is 1.55. The molecule has 3 aromatic rings. The summed E-state index contributed by atoms with van der Waals surface area (Å²) in [6, 6.07) is 18.6. The fraction of sp³-hybridized carbons (Fsp3) is 0.389. The Morgan fingerprint density at radius 1 is 0.979 bits per heavy atom. The van der Waals surface area contributed by atoms with Crippen LogP contribution < -0.4 is 14.8 Å². The van der Waals surface area contributed by atoms with Crippen molar-refractivity contribution in [2.75, 3.05) is 39.8 Å². The molecule has 0 saturated carbocycles. The predicted molar refractivity (Wildman–Crippen MR) is 187 cm³/mol. The summed E-state index contributed by atoms with van der Waals surface area (Å²) >= 11 is 12.6. The number of hydrogen-bond acceptors (Lipinski definition) is 6. The molecule has 1 saturated heterocycles. The highest BCUT2D eigenvalue weighted by Gasteiger charge is 2.45. The SMILES string of the molecule is CCCCNC(=O)CN1CCN(C(=O)N2C(c3ccc(OC)cc3OC(C)C)=N[C@@H](c3ccc(Cl)cc3)[C@H]2c2ccc(Cl)cc2)CC1=O. The summed E-state index contributed by atoms with van der Waals surface area (Å²) in [4.78, 5) is 50.5. The van der Waals surface area contributed by atoms with Crippen LogP contribution in [0.1, 0.15) is 62.4 Å². The van der Waals surface area contributed by atoms with Crippen molar-refractivity contribution in [3.8, 4) is 11.5 Å². The number of rotatable bonds is 11. The monoisotopic (exact) mass is 693 g/mol. The topological polar surface area (TPSA) is 104 Å². The fourth-order valence-electron chi connectivity index (χ4n) is 5.85. The van der Waals surface area contributed by atoms with E-state index in [9.17, 15) is 14.4 Å². The van der Waals surface area contributed by atoms with Gasteiger partial charge in [0.25, 0.3) is 0 Å². The summed E-state index contributed by atoms with van der Waals surface area (Å²) in [5, 5.41) is 3.99. The van der Waals surface area contributed by atoms with Crippen molar-refractivity contribution in [2.45, 2.75) is 51.8 Å². The van der Waals surface area contributed by atoms with E-state index in [-0.39, 0.29) is 44.1 Å². The van der Waals surface area contributed by atoms with Gasteiger partial charge >= 0.3 is 6.03 Å². The van der Waals surface area contributed by atoms with Gasteiger partial charge in [-0.15, -0.1) is 0 Å².